The first kappa shape index (κ1) is 19.7. The van der Waals surface area contributed by atoms with Crippen molar-refractivity contribution in [2.75, 3.05) is 25.7 Å². The van der Waals surface area contributed by atoms with Crippen molar-refractivity contribution in [3.05, 3.63) is 52.3 Å². The van der Waals surface area contributed by atoms with Gasteiger partial charge in [-0.05, 0) is 47.9 Å². The van der Waals surface area contributed by atoms with Crippen molar-refractivity contribution in [3.8, 4) is 11.5 Å². The minimum absolute atomic E-state index is 0.0798. The molecule has 6 nitrogen and oxygen atoms in total. The van der Waals surface area contributed by atoms with E-state index in [1.54, 1.807) is 14.2 Å². The molecule has 2 aliphatic heterocycles. The van der Waals surface area contributed by atoms with Crippen LogP contribution in [0.4, 0.5) is 10.1 Å². The number of amides is 2. The number of carbonyl (C=O) groups is 2. The van der Waals surface area contributed by atoms with Gasteiger partial charge in [-0.2, -0.15) is 0 Å². The summed E-state index contributed by atoms with van der Waals surface area (Å²) < 4.78 is 24.2. The van der Waals surface area contributed by atoms with Gasteiger partial charge in [-0.1, -0.05) is 11.6 Å². The van der Waals surface area contributed by atoms with Gasteiger partial charge in [-0.3, -0.25) is 14.5 Å². The monoisotopic (exact) mass is 418 g/mol. The van der Waals surface area contributed by atoms with Gasteiger partial charge in [0, 0.05) is 13.1 Å². The fourth-order valence-electron chi connectivity index (χ4n) is 3.97. The number of halogens is 2. The van der Waals surface area contributed by atoms with E-state index in [0.717, 1.165) is 28.5 Å². The number of hydrogen-bond donors (Lipinski definition) is 0. The topological polar surface area (TPSA) is 59.1 Å². The zero-order valence-corrected chi connectivity index (χ0v) is 16.8. The zero-order chi connectivity index (χ0) is 20.7. The lowest BCUT2D eigenvalue weighted by Gasteiger charge is -2.32. The summed E-state index contributed by atoms with van der Waals surface area (Å²) in [6.45, 7) is 1.17. The summed E-state index contributed by atoms with van der Waals surface area (Å²) in [4.78, 5) is 28.7. The molecule has 0 N–H and O–H groups in total. The predicted molar refractivity (Wildman–Crippen MR) is 106 cm³/mol. The molecule has 4 rings (SSSR count). The third kappa shape index (κ3) is 3.45. The van der Waals surface area contributed by atoms with Crippen molar-refractivity contribution in [2.24, 2.45) is 0 Å². The predicted octanol–water partition coefficient (Wildman–Crippen LogP) is 3.19. The molecular formula is C21H20ClFN2O4. The summed E-state index contributed by atoms with van der Waals surface area (Å²) >= 11 is 5.83. The summed E-state index contributed by atoms with van der Waals surface area (Å²) in [5.74, 6) is 0.0705. The molecule has 2 amide bonds. The standard InChI is InChI=1S/C21H20ClFN2O4/c1-28-18-7-12-5-6-24(11-13(12)8-19(18)29-2)17-10-20(26)25(21(17)27)14-3-4-16(23)15(22)9-14/h3-4,7-9,17H,5-6,10-11H2,1-2H3. The van der Waals surface area contributed by atoms with Crippen LogP contribution in [0.3, 0.4) is 0 Å². The number of carbonyl (C=O) groups excluding carboxylic acids is 2. The van der Waals surface area contributed by atoms with Gasteiger partial charge in [-0.15, -0.1) is 0 Å². The van der Waals surface area contributed by atoms with E-state index in [2.05, 4.69) is 0 Å². The molecule has 0 saturated carbocycles. The van der Waals surface area contributed by atoms with Gasteiger partial charge < -0.3 is 9.47 Å². The highest BCUT2D eigenvalue weighted by Crippen LogP contribution is 2.35. The number of rotatable bonds is 4. The van der Waals surface area contributed by atoms with E-state index in [1.165, 1.54) is 12.1 Å². The van der Waals surface area contributed by atoms with Crippen molar-refractivity contribution < 1.29 is 23.5 Å². The molecule has 0 bridgehead atoms. The molecular weight excluding hydrogens is 399 g/mol. The number of benzene rings is 2. The smallest absolute Gasteiger partial charge is 0.251 e. The maximum absolute atomic E-state index is 13.5. The molecule has 0 spiro atoms. The molecule has 1 saturated heterocycles. The van der Waals surface area contributed by atoms with Crippen molar-refractivity contribution in [2.45, 2.75) is 25.4 Å². The SMILES string of the molecule is COc1cc2c(cc1OC)CN(C1CC(=O)N(c3ccc(F)c(Cl)c3)C1=O)CC2. The van der Waals surface area contributed by atoms with Crippen LogP contribution in [0.15, 0.2) is 30.3 Å². The lowest BCUT2D eigenvalue weighted by Crippen LogP contribution is -2.44. The highest BCUT2D eigenvalue weighted by Gasteiger charge is 2.43. The number of ether oxygens (including phenoxy) is 2. The number of anilines is 1. The van der Waals surface area contributed by atoms with Crippen molar-refractivity contribution in [3.63, 3.8) is 0 Å². The van der Waals surface area contributed by atoms with Crippen LogP contribution in [0.25, 0.3) is 0 Å². The number of nitrogens with zero attached hydrogens (tertiary/aromatic N) is 2. The van der Waals surface area contributed by atoms with Gasteiger partial charge in [0.25, 0.3) is 5.91 Å². The first-order valence-corrected chi connectivity index (χ1v) is 9.60. The van der Waals surface area contributed by atoms with E-state index in [-0.39, 0.29) is 28.9 Å². The molecule has 2 aromatic carbocycles. The first-order chi connectivity index (χ1) is 13.9. The Hall–Kier alpha value is -2.64. The van der Waals surface area contributed by atoms with Gasteiger partial charge in [-0.25, -0.2) is 9.29 Å². The molecule has 1 atom stereocenters. The summed E-state index contributed by atoms with van der Waals surface area (Å²) in [7, 11) is 3.17. The summed E-state index contributed by atoms with van der Waals surface area (Å²) in [6.07, 6.45) is 0.812. The zero-order valence-electron chi connectivity index (χ0n) is 16.1. The van der Waals surface area contributed by atoms with Gasteiger partial charge in [0.15, 0.2) is 11.5 Å². The Morgan fingerprint density at radius 1 is 1.07 bits per heavy atom. The summed E-state index contributed by atoms with van der Waals surface area (Å²) in [6, 6.07) is 7.16. The average Bonchev–Trinajstić information content (AvgIpc) is 3.02. The van der Waals surface area contributed by atoms with E-state index in [4.69, 9.17) is 21.1 Å². The third-order valence-electron chi connectivity index (χ3n) is 5.47. The Labute approximate surface area is 172 Å². The second kappa shape index (κ2) is 7.65. The third-order valence-corrected chi connectivity index (χ3v) is 5.76. The summed E-state index contributed by atoms with van der Waals surface area (Å²) in [5, 5.41) is -0.125. The van der Waals surface area contributed by atoms with Crippen LogP contribution in [-0.4, -0.2) is 43.5 Å². The van der Waals surface area contributed by atoms with Gasteiger partial charge in [0.1, 0.15) is 5.82 Å². The van der Waals surface area contributed by atoms with Crippen LogP contribution in [0.5, 0.6) is 11.5 Å². The molecule has 2 aromatic rings. The lowest BCUT2D eigenvalue weighted by atomic mass is 9.97. The Morgan fingerprint density at radius 2 is 1.76 bits per heavy atom. The highest BCUT2D eigenvalue weighted by atomic mass is 35.5. The van der Waals surface area contributed by atoms with E-state index >= 15 is 0 Å². The van der Waals surface area contributed by atoms with Crippen LogP contribution >= 0.6 is 11.6 Å². The van der Waals surface area contributed by atoms with E-state index in [9.17, 15) is 14.0 Å². The van der Waals surface area contributed by atoms with Crippen LogP contribution in [0.2, 0.25) is 5.02 Å². The summed E-state index contributed by atoms with van der Waals surface area (Å²) in [5.41, 5.74) is 2.47. The quantitative estimate of drug-likeness (QED) is 0.714. The molecule has 8 heteroatoms. The largest absolute Gasteiger partial charge is 0.493 e. The molecule has 0 radical (unpaired) electrons. The first-order valence-electron chi connectivity index (χ1n) is 9.22. The molecule has 1 unspecified atom stereocenters. The van der Waals surface area contributed by atoms with Gasteiger partial charge in [0.2, 0.25) is 5.91 Å². The van der Waals surface area contributed by atoms with Gasteiger partial charge >= 0.3 is 0 Å². The number of methoxy groups -OCH3 is 2. The van der Waals surface area contributed by atoms with Crippen LogP contribution in [-0.2, 0) is 22.6 Å². The Bertz CT molecular complexity index is 997. The van der Waals surface area contributed by atoms with Gasteiger partial charge in [0.05, 0.1) is 37.4 Å². The fraction of sp³-hybridized carbons (Fsp3) is 0.333. The van der Waals surface area contributed by atoms with Crippen LogP contribution in [0, 0.1) is 5.82 Å². The molecule has 0 aliphatic carbocycles. The molecule has 29 heavy (non-hydrogen) atoms. The van der Waals surface area contributed by atoms with E-state index in [0.29, 0.717) is 24.6 Å². The Balaban J connectivity index is 1.58. The minimum atomic E-state index is -0.594. The lowest BCUT2D eigenvalue weighted by molar-refractivity contribution is -0.123. The Kier molecular flexibility index (Phi) is 5.19. The maximum atomic E-state index is 13.5. The fourth-order valence-corrected chi connectivity index (χ4v) is 4.14. The molecule has 2 aliphatic rings. The molecule has 152 valence electrons. The van der Waals surface area contributed by atoms with Crippen molar-refractivity contribution in [1.82, 2.24) is 4.90 Å². The van der Waals surface area contributed by atoms with Crippen LogP contribution in [0.1, 0.15) is 17.5 Å². The van der Waals surface area contributed by atoms with E-state index < -0.39 is 11.9 Å². The average molecular weight is 419 g/mol. The highest BCUT2D eigenvalue weighted by molar-refractivity contribution is 6.31. The minimum Gasteiger partial charge on any atom is -0.493 e. The van der Waals surface area contributed by atoms with Crippen LogP contribution < -0.4 is 14.4 Å². The molecule has 1 fully saturated rings. The van der Waals surface area contributed by atoms with Crippen molar-refractivity contribution in [1.29, 1.82) is 0 Å². The van der Waals surface area contributed by atoms with Crippen molar-refractivity contribution >= 4 is 29.1 Å². The number of imide groups is 1. The molecule has 0 aromatic heterocycles. The number of fused-ring (bicyclic) bond motifs is 1. The molecule has 2 heterocycles. The number of hydrogen-bond acceptors (Lipinski definition) is 5. The van der Waals surface area contributed by atoms with E-state index in [1.807, 2.05) is 17.0 Å². The second-order valence-electron chi connectivity index (χ2n) is 7.08. The normalized spacial score (nSPS) is 19.4. The second-order valence-corrected chi connectivity index (χ2v) is 7.49. The maximum Gasteiger partial charge on any atom is 0.251 e. The Morgan fingerprint density at radius 3 is 2.41 bits per heavy atom.